The molecular weight excluding hydrogens is 277 g/mol. The number of likely N-dealkylation sites (N-methyl/N-ethyl adjacent to an activating group) is 1. The normalized spacial score (nSPS) is 10.2. The van der Waals surface area contributed by atoms with E-state index in [0.29, 0.717) is 18.8 Å². The maximum Gasteiger partial charge on any atom is 0.243 e. The van der Waals surface area contributed by atoms with Gasteiger partial charge >= 0.3 is 0 Å². The Labute approximate surface area is 123 Å². The molecule has 0 bridgehead atoms. The van der Waals surface area contributed by atoms with Gasteiger partial charge in [0.1, 0.15) is 5.82 Å². The smallest absolute Gasteiger partial charge is 0.243 e. The van der Waals surface area contributed by atoms with Crippen molar-refractivity contribution in [3.05, 3.63) is 30.1 Å². The quantitative estimate of drug-likeness (QED) is 0.684. The van der Waals surface area contributed by atoms with Crippen LogP contribution in [0.4, 0.5) is 10.1 Å². The fourth-order valence-corrected chi connectivity index (χ4v) is 1.57. The van der Waals surface area contributed by atoms with E-state index in [9.17, 15) is 14.0 Å². The van der Waals surface area contributed by atoms with E-state index in [0.717, 1.165) is 0 Å². The summed E-state index contributed by atoms with van der Waals surface area (Å²) < 4.78 is 17.8. The molecule has 0 radical (unpaired) electrons. The summed E-state index contributed by atoms with van der Waals surface area (Å²) in [6.45, 7) is 1.11. The van der Waals surface area contributed by atoms with Crippen LogP contribution in [0.3, 0.4) is 0 Å². The highest BCUT2D eigenvalue weighted by Crippen LogP contribution is 2.08. The van der Waals surface area contributed by atoms with Crippen molar-refractivity contribution in [3.63, 3.8) is 0 Å². The van der Waals surface area contributed by atoms with Gasteiger partial charge in [0.05, 0.1) is 19.7 Å². The van der Waals surface area contributed by atoms with Gasteiger partial charge in [-0.15, -0.1) is 0 Å². The van der Waals surface area contributed by atoms with Crippen LogP contribution in [0.15, 0.2) is 24.3 Å². The van der Waals surface area contributed by atoms with Crippen LogP contribution in [0, 0.1) is 5.82 Å². The van der Waals surface area contributed by atoms with Crippen molar-refractivity contribution >= 4 is 17.5 Å². The topological polar surface area (TPSA) is 70.7 Å². The Morgan fingerprint density at radius 2 is 2.14 bits per heavy atom. The molecule has 0 saturated heterocycles. The number of anilines is 1. The molecule has 7 heteroatoms. The first-order valence-corrected chi connectivity index (χ1v) is 6.52. The van der Waals surface area contributed by atoms with Crippen LogP contribution >= 0.6 is 0 Å². The highest BCUT2D eigenvalue weighted by molar-refractivity contribution is 5.94. The molecule has 116 valence electrons. The Kier molecular flexibility index (Phi) is 7.34. The molecule has 21 heavy (non-hydrogen) atoms. The Bertz CT molecular complexity index is 482. The second-order valence-electron chi connectivity index (χ2n) is 4.48. The first kappa shape index (κ1) is 17.1. The molecule has 1 aromatic carbocycles. The molecule has 0 fully saturated rings. The van der Waals surface area contributed by atoms with Crippen molar-refractivity contribution in [2.24, 2.45) is 0 Å². The van der Waals surface area contributed by atoms with E-state index in [1.54, 1.807) is 13.2 Å². The van der Waals surface area contributed by atoms with E-state index >= 15 is 0 Å². The van der Waals surface area contributed by atoms with E-state index in [4.69, 9.17) is 4.74 Å². The lowest BCUT2D eigenvalue weighted by Gasteiger charge is -2.17. The molecule has 1 rings (SSSR count). The molecule has 1 aromatic rings. The maximum atomic E-state index is 13.0. The van der Waals surface area contributed by atoms with Gasteiger partial charge in [-0.1, -0.05) is 6.07 Å². The number of amides is 2. The summed E-state index contributed by atoms with van der Waals surface area (Å²) in [6, 6.07) is 5.58. The number of hydrogen-bond donors (Lipinski definition) is 2. The number of methoxy groups -OCH3 is 1. The SMILES string of the molecule is COCCNCC(=O)N(C)CC(=O)Nc1cccc(F)c1. The first-order chi connectivity index (χ1) is 10.0. The van der Waals surface area contributed by atoms with Crippen molar-refractivity contribution in [1.82, 2.24) is 10.2 Å². The molecule has 0 saturated carbocycles. The molecule has 0 aliphatic carbocycles. The van der Waals surface area contributed by atoms with Crippen LogP contribution in [0.25, 0.3) is 0 Å². The summed E-state index contributed by atoms with van der Waals surface area (Å²) in [4.78, 5) is 24.8. The third kappa shape index (κ3) is 6.82. The Balaban J connectivity index is 2.34. The minimum absolute atomic E-state index is 0.0959. The van der Waals surface area contributed by atoms with Crippen LogP contribution in [0.1, 0.15) is 0 Å². The Hall–Kier alpha value is -1.99. The molecule has 0 aliphatic rings. The highest BCUT2D eigenvalue weighted by atomic mass is 19.1. The average molecular weight is 297 g/mol. The van der Waals surface area contributed by atoms with Crippen LogP contribution in [0.2, 0.25) is 0 Å². The molecule has 0 heterocycles. The van der Waals surface area contributed by atoms with Crippen LogP contribution in [0.5, 0.6) is 0 Å². The number of benzene rings is 1. The molecule has 2 N–H and O–H groups in total. The zero-order valence-electron chi connectivity index (χ0n) is 12.2. The number of carbonyl (C=O) groups excluding carboxylic acids is 2. The number of nitrogens with zero attached hydrogens (tertiary/aromatic N) is 1. The predicted molar refractivity (Wildman–Crippen MR) is 77.4 cm³/mol. The molecule has 2 amide bonds. The minimum Gasteiger partial charge on any atom is -0.383 e. The van der Waals surface area contributed by atoms with Gasteiger partial charge in [0.25, 0.3) is 0 Å². The number of rotatable bonds is 8. The van der Waals surface area contributed by atoms with Gasteiger partial charge in [0, 0.05) is 26.4 Å². The number of nitrogens with one attached hydrogen (secondary N) is 2. The summed E-state index contributed by atoms with van der Waals surface area (Å²) in [7, 11) is 3.11. The zero-order valence-corrected chi connectivity index (χ0v) is 12.2. The monoisotopic (exact) mass is 297 g/mol. The fourth-order valence-electron chi connectivity index (χ4n) is 1.57. The number of hydrogen-bond acceptors (Lipinski definition) is 4. The van der Waals surface area contributed by atoms with Gasteiger partial charge in [0.15, 0.2) is 0 Å². The number of ether oxygens (including phenoxy) is 1. The Morgan fingerprint density at radius 1 is 1.38 bits per heavy atom. The van der Waals surface area contributed by atoms with Crippen molar-refractivity contribution in [2.45, 2.75) is 0 Å². The molecule has 0 spiro atoms. The van der Waals surface area contributed by atoms with Gasteiger partial charge in [-0.25, -0.2) is 4.39 Å². The van der Waals surface area contributed by atoms with Gasteiger partial charge in [0.2, 0.25) is 11.8 Å². The molecular formula is C14H20FN3O3. The maximum absolute atomic E-state index is 13.0. The average Bonchev–Trinajstić information content (AvgIpc) is 2.43. The van der Waals surface area contributed by atoms with Gasteiger partial charge < -0.3 is 20.3 Å². The summed E-state index contributed by atoms with van der Waals surface area (Å²) in [5, 5.41) is 5.43. The van der Waals surface area contributed by atoms with Gasteiger partial charge in [-0.2, -0.15) is 0 Å². The largest absolute Gasteiger partial charge is 0.383 e. The van der Waals surface area contributed by atoms with Crippen LogP contribution < -0.4 is 10.6 Å². The van der Waals surface area contributed by atoms with Crippen molar-refractivity contribution < 1.29 is 18.7 Å². The molecule has 0 atom stereocenters. The zero-order chi connectivity index (χ0) is 15.7. The van der Waals surface area contributed by atoms with Crippen molar-refractivity contribution in [2.75, 3.05) is 45.7 Å². The fraction of sp³-hybridized carbons (Fsp3) is 0.429. The summed E-state index contributed by atoms with van der Waals surface area (Å²) in [6.07, 6.45) is 0. The van der Waals surface area contributed by atoms with Crippen molar-refractivity contribution in [3.8, 4) is 0 Å². The highest BCUT2D eigenvalue weighted by Gasteiger charge is 2.12. The molecule has 6 nitrogen and oxygen atoms in total. The van der Waals surface area contributed by atoms with E-state index < -0.39 is 5.82 Å². The standard InChI is InChI=1S/C14H20FN3O3/c1-18(14(20)9-16-6-7-21-2)10-13(19)17-12-5-3-4-11(15)8-12/h3-5,8,16H,6-7,9-10H2,1-2H3,(H,17,19). The summed E-state index contributed by atoms with van der Waals surface area (Å²) >= 11 is 0. The van der Waals surface area contributed by atoms with E-state index in [2.05, 4.69) is 10.6 Å². The van der Waals surface area contributed by atoms with Gasteiger partial charge in [-0.05, 0) is 18.2 Å². The lowest BCUT2D eigenvalue weighted by molar-refractivity contribution is -0.132. The number of halogens is 1. The minimum atomic E-state index is -0.431. The molecule has 0 aromatic heterocycles. The van der Waals surface area contributed by atoms with E-state index in [1.165, 1.54) is 30.1 Å². The second kappa shape index (κ2) is 9.04. The Morgan fingerprint density at radius 3 is 2.81 bits per heavy atom. The van der Waals surface area contributed by atoms with Crippen LogP contribution in [-0.4, -0.2) is 57.1 Å². The van der Waals surface area contributed by atoms with E-state index in [1.807, 2.05) is 0 Å². The molecule has 0 aliphatic heterocycles. The lowest BCUT2D eigenvalue weighted by atomic mass is 10.3. The predicted octanol–water partition coefficient (Wildman–Crippen LogP) is 0.459. The first-order valence-electron chi connectivity index (χ1n) is 6.52. The molecule has 0 unspecified atom stereocenters. The number of carbonyl (C=O) groups is 2. The second-order valence-corrected chi connectivity index (χ2v) is 4.48. The van der Waals surface area contributed by atoms with Crippen LogP contribution in [-0.2, 0) is 14.3 Å². The lowest BCUT2D eigenvalue weighted by Crippen LogP contribution is -2.40. The third-order valence-electron chi connectivity index (χ3n) is 2.67. The summed E-state index contributed by atoms with van der Waals surface area (Å²) in [5.74, 6) is -1.02. The summed E-state index contributed by atoms with van der Waals surface area (Å²) in [5.41, 5.74) is 0.360. The van der Waals surface area contributed by atoms with Crippen molar-refractivity contribution in [1.29, 1.82) is 0 Å². The third-order valence-corrected chi connectivity index (χ3v) is 2.67. The van der Waals surface area contributed by atoms with E-state index in [-0.39, 0.29) is 24.9 Å². The van der Waals surface area contributed by atoms with Gasteiger partial charge in [-0.3, -0.25) is 9.59 Å².